The van der Waals surface area contributed by atoms with Gasteiger partial charge in [-0.2, -0.15) is 0 Å². The van der Waals surface area contributed by atoms with E-state index >= 15 is 0 Å². The Balaban J connectivity index is 1.84. The standard InChI is InChI=1S/C15H12Br2N2O/c16-11-3-4-12(17)14(8-11)19-15(20)10-2-1-9-5-6-18-13(9)7-10/h1-4,7-8,18H,5-6H2,(H,19,20). The van der Waals surface area contributed by atoms with Crippen LogP contribution in [0.2, 0.25) is 0 Å². The molecule has 0 aliphatic carbocycles. The normalized spacial score (nSPS) is 12.7. The van der Waals surface area contributed by atoms with Crippen LogP contribution in [0, 0.1) is 0 Å². The number of anilines is 2. The fourth-order valence-electron chi connectivity index (χ4n) is 2.22. The number of hydrogen-bond acceptors (Lipinski definition) is 2. The number of rotatable bonds is 2. The average Bonchev–Trinajstić information content (AvgIpc) is 2.90. The SMILES string of the molecule is O=C(Nc1cc(Br)ccc1Br)c1ccc2c(c1)NCC2. The van der Waals surface area contributed by atoms with Crippen molar-refractivity contribution in [1.82, 2.24) is 0 Å². The molecule has 3 nitrogen and oxygen atoms in total. The summed E-state index contributed by atoms with van der Waals surface area (Å²) in [4.78, 5) is 12.3. The Morgan fingerprint density at radius 3 is 2.85 bits per heavy atom. The molecule has 20 heavy (non-hydrogen) atoms. The molecule has 0 bridgehead atoms. The summed E-state index contributed by atoms with van der Waals surface area (Å²) in [6.07, 6.45) is 1.02. The Hall–Kier alpha value is -1.33. The average molecular weight is 396 g/mol. The third-order valence-electron chi connectivity index (χ3n) is 3.26. The molecule has 2 aromatic rings. The van der Waals surface area contributed by atoms with Gasteiger partial charge in [0.1, 0.15) is 0 Å². The molecule has 2 aromatic carbocycles. The van der Waals surface area contributed by atoms with Gasteiger partial charge in [0.2, 0.25) is 0 Å². The van der Waals surface area contributed by atoms with Gasteiger partial charge >= 0.3 is 0 Å². The predicted octanol–water partition coefficient (Wildman–Crippen LogP) is 4.43. The molecule has 1 aliphatic rings. The molecule has 0 spiro atoms. The molecule has 102 valence electrons. The molecule has 3 rings (SSSR count). The lowest BCUT2D eigenvalue weighted by molar-refractivity contribution is 0.102. The number of carbonyl (C=O) groups excluding carboxylic acids is 1. The van der Waals surface area contributed by atoms with E-state index in [0.29, 0.717) is 5.56 Å². The summed E-state index contributed by atoms with van der Waals surface area (Å²) in [5.41, 5.74) is 3.74. The van der Waals surface area contributed by atoms with Gasteiger partial charge in [-0.3, -0.25) is 4.79 Å². The zero-order valence-corrected chi connectivity index (χ0v) is 13.7. The van der Waals surface area contributed by atoms with Crippen LogP contribution in [0.25, 0.3) is 0 Å². The van der Waals surface area contributed by atoms with Crippen molar-refractivity contribution in [2.45, 2.75) is 6.42 Å². The maximum absolute atomic E-state index is 12.3. The van der Waals surface area contributed by atoms with Crippen molar-refractivity contribution in [3.8, 4) is 0 Å². The lowest BCUT2D eigenvalue weighted by Crippen LogP contribution is -2.12. The van der Waals surface area contributed by atoms with Crippen molar-refractivity contribution in [3.05, 3.63) is 56.5 Å². The van der Waals surface area contributed by atoms with E-state index in [1.807, 2.05) is 36.4 Å². The quantitative estimate of drug-likeness (QED) is 0.789. The number of halogens is 2. The molecule has 0 saturated heterocycles. The zero-order valence-electron chi connectivity index (χ0n) is 10.5. The van der Waals surface area contributed by atoms with Crippen LogP contribution in [0.3, 0.4) is 0 Å². The summed E-state index contributed by atoms with van der Waals surface area (Å²) >= 11 is 6.83. The predicted molar refractivity (Wildman–Crippen MR) is 88.4 cm³/mol. The van der Waals surface area contributed by atoms with Crippen molar-refractivity contribution in [3.63, 3.8) is 0 Å². The van der Waals surface area contributed by atoms with Crippen molar-refractivity contribution in [1.29, 1.82) is 0 Å². The lowest BCUT2D eigenvalue weighted by Gasteiger charge is -2.09. The molecule has 0 radical (unpaired) electrons. The van der Waals surface area contributed by atoms with Crippen LogP contribution in [0.4, 0.5) is 11.4 Å². The van der Waals surface area contributed by atoms with E-state index in [9.17, 15) is 4.79 Å². The number of amides is 1. The fourth-order valence-corrected chi connectivity index (χ4v) is 2.93. The highest BCUT2D eigenvalue weighted by Gasteiger charge is 2.14. The maximum atomic E-state index is 12.3. The van der Waals surface area contributed by atoms with Gasteiger partial charge in [0.25, 0.3) is 5.91 Å². The Morgan fingerprint density at radius 2 is 2.00 bits per heavy atom. The second-order valence-corrected chi connectivity index (χ2v) is 6.40. The van der Waals surface area contributed by atoms with Crippen molar-refractivity contribution < 1.29 is 4.79 Å². The van der Waals surface area contributed by atoms with Gasteiger partial charge in [0, 0.05) is 26.7 Å². The van der Waals surface area contributed by atoms with Crippen LogP contribution in [0.15, 0.2) is 45.3 Å². The Morgan fingerprint density at radius 1 is 1.15 bits per heavy atom. The lowest BCUT2D eigenvalue weighted by atomic mass is 10.1. The minimum atomic E-state index is -0.111. The first-order valence-corrected chi connectivity index (χ1v) is 7.85. The third kappa shape index (κ3) is 2.74. The minimum Gasteiger partial charge on any atom is -0.384 e. The Kier molecular flexibility index (Phi) is 3.81. The highest BCUT2D eigenvalue weighted by molar-refractivity contribution is 9.11. The third-order valence-corrected chi connectivity index (χ3v) is 4.44. The van der Waals surface area contributed by atoms with Crippen molar-refractivity contribution >= 4 is 49.1 Å². The molecule has 1 aliphatic heterocycles. The monoisotopic (exact) mass is 394 g/mol. The number of nitrogens with one attached hydrogen (secondary N) is 2. The van der Waals surface area contributed by atoms with Crippen LogP contribution in [0.1, 0.15) is 15.9 Å². The number of hydrogen-bond donors (Lipinski definition) is 2. The van der Waals surface area contributed by atoms with E-state index in [2.05, 4.69) is 42.5 Å². The summed E-state index contributed by atoms with van der Waals surface area (Å²) in [5.74, 6) is -0.111. The van der Waals surface area contributed by atoms with Gasteiger partial charge in [-0.15, -0.1) is 0 Å². The van der Waals surface area contributed by atoms with Crippen LogP contribution < -0.4 is 10.6 Å². The first kappa shape index (κ1) is 13.6. The highest BCUT2D eigenvalue weighted by atomic mass is 79.9. The summed E-state index contributed by atoms with van der Waals surface area (Å²) in [6, 6.07) is 11.5. The molecule has 0 saturated carbocycles. The largest absolute Gasteiger partial charge is 0.384 e. The van der Waals surface area contributed by atoms with E-state index in [4.69, 9.17) is 0 Å². The van der Waals surface area contributed by atoms with Crippen LogP contribution in [-0.4, -0.2) is 12.5 Å². The maximum Gasteiger partial charge on any atom is 0.255 e. The molecule has 1 amide bonds. The van der Waals surface area contributed by atoms with E-state index < -0.39 is 0 Å². The van der Waals surface area contributed by atoms with Crippen LogP contribution in [-0.2, 0) is 6.42 Å². The first-order valence-electron chi connectivity index (χ1n) is 6.27. The van der Waals surface area contributed by atoms with E-state index in [1.54, 1.807) is 0 Å². The fraction of sp³-hybridized carbons (Fsp3) is 0.133. The molecule has 0 fully saturated rings. The molecule has 2 N–H and O–H groups in total. The molecule has 0 unspecified atom stereocenters. The first-order chi connectivity index (χ1) is 9.63. The Labute approximate surface area is 134 Å². The molecule has 0 aromatic heterocycles. The van der Waals surface area contributed by atoms with Crippen LogP contribution in [0.5, 0.6) is 0 Å². The Bertz CT molecular complexity index is 686. The number of benzene rings is 2. The topological polar surface area (TPSA) is 41.1 Å². The van der Waals surface area contributed by atoms with Crippen LogP contribution >= 0.6 is 31.9 Å². The van der Waals surface area contributed by atoms with Gasteiger partial charge < -0.3 is 10.6 Å². The summed E-state index contributed by atoms with van der Waals surface area (Å²) in [6.45, 7) is 0.942. The molecule has 5 heteroatoms. The van der Waals surface area contributed by atoms with Gasteiger partial charge in [0.05, 0.1) is 5.69 Å². The molecular weight excluding hydrogens is 384 g/mol. The molecular formula is C15H12Br2N2O. The summed E-state index contributed by atoms with van der Waals surface area (Å²) in [5, 5.41) is 6.20. The number of carbonyl (C=O) groups is 1. The van der Waals surface area contributed by atoms with E-state index in [1.165, 1.54) is 5.56 Å². The van der Waals surface area contributed by atoms with Gasteiger partial charge in [-0.25, -0.2) is 0 Å². The van der Waals surface area contributed by atoms with Gasteiger partial charge in [-0.1, -0.05) is 22.0 Å². The second-order valence-electron chi connectivity index (χ2n) is 4.63. The van der Waals surface area contributed by atoms with E-state index in [-0.39, 0.29) is 5.91 Å². The van der Waals surface area contributed by atoms with E-state index in [0.717, 1.165) is 33.3 Å². The zero-order chi connectivity index (χ0) is 14.1. The summed E-state index contributed by atoms with van der Waals surface area (Å²) < 4.78 is 1.78. The molecule has 1 heterocycles. The van der Waals surface area contributed by atoms with Gasteiger partial charge in [0.15, 0.2) is 0 Å². The second kappa shape index (κ2) is 5.58. The smallest absolute Gasteiger partial charge is 0.255 e. The highest BCUT2D eigenvalue weighted by Crippen LogP contribution is 2.28. The van der Waals surface area contributed by atoms with Crippen molar-refractivity contribution in [2.75, 3.05) is 17.2 Å². The van der Waals surface area contributed by atoms with Gasteiger partial charge in [-0.05, 0) is 58.2 Å². The molecule has 0 atom stereocenters. The van der Waals surface area contributed by atoms with Crippen molar-refractivity contribution in [2.24, 2.45) is 0 Å². The number of fused-ring (bicyclic) bond motifs is 1. The summed E-state index contributed by atoms with van der Waals surface area (Å²) in [7, 11) is 0. The minimum absolute atomic E-state index is 0.111.